The SMILES string of the molecule is C1=CC2(COCC3COCCO3)C=CC1C2. The standard InChI is InChI=1S/C13H18O3/c1-3-13(4-2-11(1)7-13)10-15-9-12-8-14-5-6-16-12/h1-4,11-12H,5-10H2. The van der Waals surface area contributed by atoms with Crippen molar-refractivity contribution in [1.29, 1.82) is 0 Å². The first-order chi connectivity index (χ1) is 7.86. The molecule has 1 saturated heterocycles. The summed E-state index contributed by atoms with van der Waals surface area (Å²) in [5.41, 5.74) is 0.181. The third kappa shape index (κ3) is 2.08. The molecule has 2 bridgehead atoms. The molecule has 3 aliphatic rings. The molecule has 3 nitrogen and oxygen atoms in total. The van der Waals surface area contributed by atoms with Crippen molar-refractivity contribution >= 4 is 0 Å². The minimum Gasteiger partial charge on any atom is -0.377 e. The van der Waals surface area contributed by atoms with Crippen LogP contribution in [0.1, 0.15) is 6.42 Å². The van der Waals surface area contributed by atoms with Gasteiger partial charge in [0.05, 0.1) is 33.0 Å². The van der Waals surface area contributed by atoms with E-state index >= 15 is 0 Å². The first-order valence-corrected chi connectivity index (χ1v) is 6.02. The van der Waals surface area contributed by atoms with Gasteiger partial charge in [-0.05, 0) is 12.3 Å². The maximum absolute atomic E-state index is 5.77. The molecule has 0 saturated carbocycles. The van der Waals surface area contributed by atoms with Gasteiger partial charge in [-0.2, -0.15) is 0 Å². The molecule has 0 spiro atoms. The van der Waals surface area contributed by atoms with Gasteiger partial charge in [-0.1, -0.05) is 24.3 Å². The Morgan fingerprint density at radius 3 is 2.75 bits per heavy atom. The predicted octanol–water partition coefficient (Wildman–Crippen LogP) is 1.55. The van der Waals surface area contributed by atoms with Crippen LogP contribution in [0.3, 0.4) is 0 Å². The molecule has 0 N–H and O–H groups in total. The lowest BCUT2D eigenvalue weighted by atomic mass is 9.91. The number of hydrogen-bond donors (Lipinski definition) is 0. The molecule has 0 aromatic rings. The van der Waals surface area contributed by atoms with Crippen LogP contribution in [-0.4, -0.2) is 39.1 Å². The summed E-state index contributed by atoms with van der Waals surface area (Å²) in [5, 5.41) is 0. The van der Waals surface area contributed by atoms with Gasteiger partial charge in [0.15, 0.2) is 0 Å². The second-order valence-electron chi connectivity index (χ2n) is 4.90. The van der Waals surface area contributed by atoms with Gasteiger partial charge in [-0.15, -0.1) is 0 Å². The highest BCUT2D eigenvalue weighted by Crippen LogP contribution is 2.43. The Labute approximate surface area is 96.1 Å². The largest absolute Gasteiger partial charge is 0.377 e. The van der Waals surface area contributed by atoms with Gasteiger partial charge in [0.1, 0.15) is 6.10 Å². The monoisotopic (exact) mass is 222 g/mol. The summed E-state index contributed by atoms with van der Waals surface area (Å²) in [7, 11) is 0. The fraction of sp³-hybridized carbons (Fsp3) is 0.692. The average molecular weight is 222 g/mol. The van der Waals surface area contributed by atoms with Crippen molar-refractivity contribution in [3.8, 4) is 0 Å². The summed E-state index contributed by atoms with van der Waals surface area (Å²) in [4.78, 5) is 0. The summed E-state index contributed by atoms with van der Waals surface area (Å²) in [5.74, 6) is 0.651. The van der Waals surface area contributed by atoms with Crippen molar-refractivity contribution in [2.24, 2.45) is 11.3 Å². The molecule has 0 radical (unpaired) electrons. The molecule has 3 heteroatoms. The van der Waals surface area contributed by atoms with Crippen LogP contribution in [0.5, 0.6) is 0 Å². The second-order valence-corrected chi connectivity index (χ2v) is 4.90. The quantitative estimate of drug-likeness (QED) is 0.675. The van der Waals surface area contributed by atoms with E-state index in [0.29, 0.717) is 32.3 Å². The van der Waals surface area contributed by atoms with Crippen molar-refractivity contribution in [1.82, 2.24) is 0 Å². The molecule has 88 valence electrons. The molecule has 3 rings (SSSR count). The summed E-state index contributed by atoms with van der Waals surface area (Å²) in [6.45, 7) is 3.50. The van der Waals surface area contributed by atoms with Crippen LogP contribution in [0.2, 0.25) is 0 Å². The van der Waals surface area contributed by atoms with Crippen LogP contribution in [0.15, 0.2) is 24.3 Å². The zero-order chi connectivity index (χ0) is 10.8. The van der Waals surface area contributed by atoms with Crippen LogP contribution in [0.4, 0.5) is 0 Å². The van der Waals surface area contributed by atoms with E-state index < -0.39 is 0 Å². The fourth-order valence-electron chi connectivity index (χ4n) is 2.63. The number of allylic oxidation sites excluding steroid dienone is 2. The molecule has 1 fully saturated rings. The topological polar surface area (TPSA) is 27.7 Å². The van der Waals surface area contributed by atoms with E-state index in [0.717, 1.165) is 6.61 Å². The van der Waals surface area contributed by atoms with Gasteiger partial charge in [0.25, 0.3) is 0 Å². The number of fused-ring (bicyclic) bond motifs is 2. The third-order valence-corrected chi connectivity index (χ3v) is 3.53. The van der Waals surface area contributed by atoms with Crippen molar-refractivity contribution in [3.63, 3.8) is 0 Å². The van der Waals surface area contributed by atoms with Crippen molar-refractivity contribution < 1.29 is 14.2 Å². The molecule has 1 unspecified atom stereocenters. The van der Waals surface area contributed by atoms with E-state index in [1.54, 1.807) is 0 Å². The van der Waals surface area contributed by atoms with E-state index in [1.165, 1.54) is 6.42 Å². The highest BCUT2D eigenvalue weighted by Gasteiger charge is 2.36. The van der Waals surface area contributed by atoms with E-state index in [9.17, 15) is 0 Å². The average Bonchev–Trinajstić information content (AvgIpc) is 2.91. The van der Waals surface area contributed by atoms with Crippen LogP contribution in [-0.2, 0) is 14.2 Å². The summed E-state index contributed by atoms with van der Waals surface area (Å²) >= 11 is 0. The van der Waals surface area contributed by atoms with Gasteiger partial charge in [0.2, 0.25) is 0 Å². The van der Waals surface area contributed by atoms with Crippen LogP contribution in [0.25, 0.3) is 0 Å². The summed E-state index contributed by atoms with van der Waals surface area (Å²) < 4.78 is 16.6. The number of ether oxygens (including phenoxy) is 3. The Balaban J connectivity index is 1.43. The lowest BCUT2D eigenvalue weighted by Gasteiger charge is -2.25. The van der Waals surface area contributed by atoms with E-state index in [4.69, 9.17) is 14.2 Å². The molecular weight excluding hydrogens is 204 g/mol. The Morgan fingerprint density at radius 2 is 2.12 bits per heavy atom. The van der Waals surface area contributed by atoms with Gasteiger partial charge in [-0.3, -0.25) is 0 Å². The molecule has 16 heavy (non-hydrogen) atoms. The Hall–Kier alpha value is -0.640. The van der Waals surface area contributed by atoms with E-state index in [2.05, 4.69) is 24.3 Å². The molecular formula is C13H18O3. The zero-order valence-corrected chi connectivity index (χ0v) is 9.43. The molecule has 0 aromatic carbocycles. The first kappa shape index (κ1) is 10.5. The van der Waals surface area contributed by atoms with Crippen LogP contribution >= 0.6 is 0 Å². The van der Waals surface area contributed by atoms with Crippen LogP contribution in [0, 0.1) is 11.3 Å². The maximum Gasteiger partial charge on any atom is 0.104 e. The summed E-state index contributed by atoms with van der Waals surface area (Å²) in [6.07, 6.45) is 10.4. The molecule has 0 amide bonds. The molecule has 1 aliphatic heterocycles. The third-order valence-electron chi connectivity index (χ3n) is 3.53. The minimum absolute atomic E-state index is 0.122. The van der Waals surface area contributed by atoms with Gasteiger partial charge in [-0.25, -0.2) is 0 Å². The minimum atomic E-state index is 0.122. The zero-order valence-electron chi connectivity index (χ0n) is 9.43. The highest BCUT2D eigenvalue weighted by molar-refractivity contribution is 5.29. The normalized spacial score (nSPS) is 40.8. The van der Waals surface area contributed by atoms with Crippen LogP contribution < -0.4 is 0 Å². The maximum atomic E-state index is 5.77. The lowest BCUT2D eigenvalue weighted by molar-refractivity contribution is -0.118. The Morgan fingerprint density at radius 1 is 1.25 bits per heavy atom. The van der Waals surface area contributed by atoms with E-state index in [1.807, 2.05) is 0 Å². The van der Waals surface area contributed by atoms with Crippen molar-refractivity contribution in [2.45, 2.75) is 12.5 Å². The second kappa shape index (κ2) is 4.32. The molecule has 2 aliphatic carbocycles. The van der Waals surface area contributed by atoms with Gasteiger partial charge >= 0.3 is 0 Å². The van der Waals surface area contributed by atoms with Crippen molar-refractivity contribution in [3.05, 3.63) is 24.3 Å². The fourth-order valence-corrected chi connectivity index (χ4v) is 2.63. The predicted molar refractivity (Wildman–Crippen MR) is 60.2 cm³/mol. The number of rotatable bonds is 4. The molecule has 1 atom stereocenters. The highest BCUT2D eigenvalue weighted by atomic mass is 16.6. The Bertz CT molecular complexity index is 288. The van der Waals surface area contributed by atoms with Crippen molar-refractivity contribution in [2.75, 3.05) is 33.0 Å². The summed E-state index contributed by atoms with van der Waals surface area (Å²) in [6, 6.07) is 0. The van der Waals surface area contributed by atoms with Gasteiger partial charge in [0, 0.05) is 5.41 Å². The molecule has 1 heterocycles. The first-order valence-electron chi connectivity index (χ1n) is 6.02. The Kier molecular flexibility index (Phi) is 2.84. The number of hydrogen-bond acceptors (Lipinski definition) is 3. The lowest BCUT2D eigenvalue weighted by Crippen LogP contribution is -2.33. The molecule has 0 aromatic heterocycles. The van der Waals surface area contributed by atoms with Gasteiger partial charge < -0.3 is 14.2 Å². The smallest absolute Gasteiger partial charge is 0.104 e. The van der Waals surface area contributed by atoms with E-state index in [-0.39, 0.29) is 11.5 Å².